The molecule has 2 aromatic rings. The molecule has 1 N–H and O–H groups in total. The molecule has 0 aliphatic carbocycles. The van der Waals surface area contributed by atoms with Crippen molar-refractivity contribution in [3.8, 4) is 5.75 Å². The number of aryl methyl sites for hydroxylation is 2. The molecule has 0 atom stereocenters. The molecule has 0 heterocycles. The van der Waals surface area contributed by atoms with Crippen LogP contribution in [0.4, 0.5) is 5.69 Å². The minimum atomic E-state index is -0.207. The Kier molecular flexibility index (Phi) is 6.17. The van der Waals surface area contributed by atoms with Gasteiger partial charge in [-0.2, -0.15) is 0 Å². The fourth-order valence-corrected chi connectivity index (χ4v) is 2.59. The molecule has 2 rings (SSSR count). The molecule has 0 aromatic heterocycles. The second-order valence-corrected chi connectivity index (χ2v) is 6.04. The summed E-state index contributed by atoms with van der Waals surface area (Å²) in [5.74, 6) is 0.402. The number of carbonyl (C=O) groups is 2. The number of hydrogen-bond donors (Lipinski definition) is 1. The molecule has 5 heteroatoms. The standard InChI is InChI=1S/C20H24N2O3/c1-14-6-5-7-15(2)20(14)21-19(24)13-22(16(3)23)12-17-8-10-18(25-4)11-9-17/h5-11H,12-13H2,1-4H3,(H,21,24). The van der Waals surface area contributed by atoms with Gasteiger partial charge in [-0.3, -0.25) is 9.59 Å². The summed E-state index contributed by atoms with van der Waals surface area (Å²) in [4.78, 5) is 25.8. The Morgan fingerprint density at radius 1 is 1.04 bits per heavy atom. The zero-order chi connectivity index (χ0) is 18.4. The van der Waals surface area contributed by atoms with E-state index in [-0.39, 0.29) is 18.4 Å². The molecule has 0 saturated heterocycles. The van der Waals surface area contributed by atoms with E-state index in [9.17, 15) is 9.59 Å². The molecule has 25 heavy (non-hydrogen) atoms. The summed E-state index contributed by atoms with van der Waals surface area (Å²) < 4.78 is 5.13. The van der Waals surface area contributed by atoms with Gasteiger partial charge in [-0.15, -0.1) is 0 Å². The van der Waals surface area contributed by atoms with Crippen LogP contribution in [-0.2, 0) is 16.1 Å². The molecule has 0 aliphatic rings. The van der Waals surface area contributed by atoms with Gasteiger partial charge in [0.2, 0.25) is 11.8 Å². The summed E-state index contributed by atoms with van der Waals surface area (Å²) >= 11 is 0. The smallest absolute Gasteiger partial charge is 0.244 e. The number of nitrogens with one attached hydrogen (secondary N) is 1. The topological polar surface area (TPSA) is 58.6 Å². The lowest BCUT2D eigenvalue weighted by molar-refractivity contribution is -0.133. The Bertz CT molecular complexity index is 734. The van der Waals surface area contributed by atoms with Crippen LogP contribution in [0.25, 0.3) is 0 Å². The van der Waals surface area contributed by atoms with Gasteiger partial charge >= 0.3 is 0 Å². The van der Waals surface area contributed by atoms with Crippen LogP contribution in [-0.4, -0.2) is 30.4 Å². The van der Waals surface area contributed by atoms with Crippen molar-refractivity contribution in [1.82, 2.24) is 4.90 Å². The number of rotatable bonds is 6. The van der Waals surface area contributed by atoms with Crippen molar-refractivity contribution >= 4 is 17.5 Å². The second-order valence-electron chi connectivity index (χ2n) is 6.04. The van der Waals surface area contributed by atoms with E-state index >= 15 is 0 Å². The van der Waals surface area contributed by atoms with Crippen LogP contribution in [0, 0.1) is 13.8 Å². The molecular weight excluding hydrogens is 316 g/mol. The zero-order valence-corrected chi connectivity index (χ0v) is 15.1. The molecule has 0 unspecified atom stereocenters. The molecule has 2 amide bonds. The molecule has 0 aliphatic heterocycles. The van der Waals surface area contributed by atoms with E-state index in [2.05, 4.69) is 5.32 Å². The Labute approximate surface area is 148 Å². The van der Waals surface area contributed by atoms with Crippen LogP contribution in [0.3, 0.4) is 0 Å². The number of carbonyl (C=O) groups excluding carboxylic acids is 2. The van der Waals surface area contributed by atoms with Gasteiger partial charge in [0, 0.05) is 19.2 Å². The first kappa shape index (κ1) is 18.5. The lowest BCUT2D eigenvalue weighted by Gasteiger charge is -2.21. The van der Waals surface area contributed by atoms with Gasteiger partial charge in [0.15, 0.2) is 0 Å². The van der Waals surface area contributed by atoms with E-state index in [0.29, 0.717) is 6.54 Å². The third-order valence-corrected chi connectivity index (χ3v) is 4.06. The maximum atomic E-state index is 12.4. The van der Waals surface area contributed by atoms with Gasteiger partial charge in [0.1, 0.15) is 12.3 Å². The predicted molar refractivity (Wildman–Crippen MR) is 98.6 cm³/mol. The van der Waals surface area contributed by atoms with Crippen LogP contribution in [0.5, 0.6) is 5.75 Å². The molecule has 0 bridgehead atoms. The third-order valence-electron chi connectivity index (χ3n) is 4.06. The van der Waals surface area contributed by atoms with E-state index in [1.54, 1.807) is 7.11 Å². The molecular formula is C20H24N2O3. The Morgan fingerprint density at radius 3 is 2.16 bits per heavy atom. The highest BCUT2D eigenvalue weighted by Crippen LogP contribution is 2.19. The largest absolute Gasteiger partial charge is 0.497 e. The number of para-hydroxylation sites is 1. The van der Waals surface area contributed by atoms with E-state index in [1.165, 1.54) is 11.8 Å². The van der Waals surface area contributed by atoms with Gasteiger partial charge in [0.25, 0.3) is 0 Å². The van der Waals surface area contributed by atoms with Crippen LogP contribution in [0.2, 0.25) is 0 Å². The van der Waals surface area contributed by atoms with Crippen molar-refractivity contribution < 1.29 is 14.3 Å². The molecule has 5 nitrogen and oxygen atoms in total. The SMILES string of the molecule is COc1ccc(CN(CC(=O)Nc2c(C)cccc2C)C(C)=O)cc1. The monoisotopic (exact) mass is 340 g/mol. The first-order valence-corrected chi connectivity index (χ1v) is 8.15. The number of methoxy groups -OCH3 is 1. The normalized spacial score (nSPS) is 10.2. The Hall–Kier alpha value is -2.82. The average molecular weight is 340 g/mol. The van der Waals surface area contributed by atoms with E-state index in [0.717, 1.165) is 28.1 Å². The summed E-state index contributed by atoms with van der Waals surface area (Å²) in [6, 6.07) is 13.3. The highest BCUT2D eigenvalue weighted by atomic mass is 16.5. The van der Waals surface area contributed by atoms with Crippen molar-refractivity contribution in [2.75, 3.05) is 19.0 Å². The number of ether oxygens (including phenoxy) is 1. The fraction of sp³-hybridized carbons (Fsp3) is 0.300. The molecule has 0 spiro atoms. The van der Waals surface area contributed by atoms with Crippen LogP contribution >= 0.6 is 0 Å². The van der Waals surface area contributed by atoms with Crippen LogP contribution in [0.15, 0.2) is 42.5 Å². The van der Waals surface area contributed by atoms with E-state index in [1.807, 2.05) is 56.3 Å². The van der Waals surface area contributed by atoms with Gasteiger partial charge in [0.05, 0.1) is 7.11 Å². The minimum Gasteiger partial charge on any atom is -0.497 e. The van der Waals surface area contributed by atoms with Crippen molar-refractivity contribution in [3.63, 3.8) is 0 Å². The van der Waals surface area contributed by atoms with E-state index < -0.39 is 0 Å². The molecule has 0 saturated carbocycles. The van der Waals surface area contributed by atoms with Crippen LogP contribution < -0.4 is 10.1 Å². The highest BCUT2D eigenvalue weighted by Gasteiger charge is 2.15. The minimum absolute atomic E-state index is 0.00906. The van der Waals surface area contributed by atoms with Crippen LogP contribution in [0.1, 0.15) is 23.6 Å². The first-order valence-electron chi connectivity index (χ1n) is 8.15. The van der Waals surface area contributed by atoms with Gasteiger partial charge in [-0.05, 0) is 42.7 Å². The number of nitrogens with zero attached hydrogens (tertiary/aromatic N) is 1. The quantitative estimate of drug-likeness (QED) is 0.878. The number of amides is 2. The number of hydrogen-bond acceptors (Lipinski definition) is 3. The van der Waals surface area contributed by atoms with Crippen molar-refractivity contribution in [3.05, 3.63) is 59.2 Å². The lowest BCUT2D eigenvalue weighted by atomic mass is 10.1. The summed E-state index contributed by atoms with van der Waals surface area (Å²) in [6.45, 7) is 5.75. The maximum absolute atomic E-state index is 12.4. The Morgan fingerprint density at radius 2 is 1.64 bits per heavy atom. The summed E-state index contributed by atoms with van der Waals surface area (Å²) in [7, 11) is 1.61. The lowest BCUT2D eigenvalue weighted by Crippen LogP contribution is -2.36. The Balaban J connectivity index is 2.05. The molecule has 0 fully saturated rings. The van der Waals surface area contributed by atoms with Crippen molar-refractivity contribution in [1.29, 1.82) is 0 Å². The summed E-state index contributed by atoms with van der Waals surface area (Å²) in [5, 5.41) is 2.92. The average Bonchev–Trinajstić information content (AvgIpc) is 2.58. The molecule has 2 aromatic carbocycles. The number of benzene rings is 2. The second kappa shape index (κ2) is 8.33. The number of anilines is 1. The van der Waals surface area contributed by atoms with Gasteiger partial charge < -0.3 is 15.0 Å². The van der Waals surface area contributed by atoms with Crippen molar-refractivity contribution in [2.24, 2.45) is 0 Å². The summed E-state index contributed by atoms with van der Waals surface area (Å²) in [5.41, 5.74) is 3.74. The van der Waals surface area contributed by atoms with Gasteiger partial charge in [-0.1, -0.05) is 30.3 Å². The summed E-state index contributed by atoms with van der Waals surface area (Å²) in [6.07, 6.45) is 0. The third kappa shape index (κ3) is 5.08. The predicted octanol–water partition coefficient (Wildman–Crippen LogP) is 3.30. The maximum Gasteiger partial charge on any atom is 0.244 e. The van der Waals surface area contributed by atoms with Crippen molar-refractivity contribution in [2.45, 2.75) is 27.3 Å². The first-order chi connectivity index (χ1) is 11.9. The van der Waals surface area contributed by atoms with Gasteiger partial charge in [-0.25, -0.2) is 0 Å². The molecule has 132 valence electrons. The zero-order valence-electron chi connectivity index (χ0n) is 15.1. The highest BCUT2D eigenvalue weighted by molar-refractivity contribution is 5.95. The molecule has 0 radical (unpaired) electrons. The fourth-order valence-electron chi connectivity index (χ4n) is 2.59. The van der Waals surface area contributed by atoms with E-state index in [4.69, 9.17) is 4.74 Å².